The molecule has 104 valence electrons. The predicted octanol–water partition coefficient (Wildman–Crippen LogP) is 1.76. The molecule has 1 heterocycles. The van der Waals surface area contributed by atoms with Gasteiger partial charge >= 0.3 is 5.97 Å². The zero-order valence-electron chi connectivity index (χ0n) is 11.3. The summed E-state index contributed by atoms with van der Waals surface area (Å²) < 4.78 is 5.52. The number of nitrogens with one attached hydrogen (secondary N) is 1. The van der Waals surface area contributed by atoms with Gasteiger partial charge in [-0.1, -0.05) is 36.8 Å². The van der Waals surface area contributed by atoms with Gasteiger partial charge in [0.05, 0.1) is 6.04 Å². The molecule has 4 nitrogen and oxygen atoms in total. The highest BCUT2D eigenvalue weighted by molar-refractivity contribution is 5.66. The summed E-state index contributed by atoms with van der Waals surface area (Å²) in [4.78, 5) is 11.4. The number of hydrogen-bond acceptors (Lipinski definition) is 4. The van der Waals surface area contributed by atoms with Gasteiger partial charge < -0.3 is 15.8 Å². The Bertz CT molecular complexity index is 408. The van der Waals surface area contributed by atoms with E-state index in [0.29, 0.717) is 0 Å². The first-order valence-electron chi connectivity index (χ1n) is 6.89. The molecule has 0 radical (unpaired) electrons. The molecule has 3 atom stereocenters. The van der Waals surface area contributed by atoms with E-state index in [2.05, 4.69) is 5.32 Å². The highest BCUT2D eigenvalue weighted by Crippen LogP contribution is 2.26. The summed E-state index contributed by atoms with van der Waals surface area (Å²) in [5, 5.41) is 3.43. The van der Waals surface area contributed by atoms with Crippen molar-refractivity contribution in [3.8, 4) is 0 Å². The molecule has 1 aliphatic rings. The van der Waals surface area contributed by atoms with E-state index >= 15 is 0 Å². The Morgan fingerprint density at radius 1 is 1.37 bits per heavy atom. The standard InChI is InChI=1S/C15H22N2O2/c1-11(18)19-15(12-7-3-2-4-8-12)14-13(16)9-5-6-10-17-14/h2-4,7-8,13-15,17H,5-6,9-10,16H2,1H3. The van der Waals surface area contributed by atoms with Crippen LogP contribution < -0.4 is 11.1 Å². The van der Waals surface area contributed by atoms with Gasteiger partial charge in [0.2, 0.25) is 0 Å². The first-order valence-corrected chi connectivity index (χ1v) is 6.89. The zero-order chi connectivity index (χ0) is 13.7. The summed E-state index contributed by atoms with van der Waals surface area (Å²) in [5.74, 6) is -0.271. The molecular weight excluding hydrogens is 240 g/mol. The van der Waals surface area contributed by atoms with Crippen LogP contribution in [0.4, 0.5) is 0 Å². The van der Waals surface area contributed by atoms with Crippen LogP contribution in [0.3, 0.4) is 0 Å². The van der Waals surface area contributed by atoms with Gasteiger partial charge in [-0.05, 0) is 24.9 Å². The number of ether oxygens (including phenoxy) is 1. The molecule has 19 heavy (non-hydrogen) atoms. The van der Waals surface area contributed by atoms with Gasteiger partial charge in [-0.25, -0.2) is 0 Å². The summed E-state index contributed by atoms with van der Waals surface area (Å²) in [7, 11) is 0. The number of carbonyl (C=O) groups excluding carboxylic acids is 1. The van der Waals surface area contributed by atoms with Crippen LogP contribution in [0.2, 0.25) is 0 Å². The topological polar surface area (TPSA) is 64.3 Å². The zero-order valence-corrected chi connectivity index (χ0v) is 11.3. The third-order valence-corrected chi connectivity index (χ3v) is 3.55. The van der Waals surface area contributed by atoms with E-state index in [1.165, 1.54) is 6.92 Å². The smallest absolute Gasteiger partial charge is 0.303 e. The molecule has 3 N–H and O–H groups in total. The molecule has 3 unspecified atom stereocenters. The van der Waals surface area contributed by atoms with Crippen molar-refractivity contribution in [2.24, 2.45) is 5.73 Å². The number of carbonyl (C=O) groups is 1. The lowest BCUT2D eigenvalue weighted by atomic mass is 9.94. The Morgan fingerprint density at radius 2 is 2.11 bits per heavy atom. The normalized spacial score (nSPS) is 25.4. The maximum atomic E-state index is 11.4. The van der Waals surface area contributed by atoms with Crippen LogP contribution >= 0.6 is 0 Å². The van der Waals surface area contributed by atoms with Crippen LogP contribution in [-0.4, -0.2) is 24.6 Å². The maximum Gasteiger partial charge on any atom is 0.303 e. The molecular formula is C15H22N2O2. The van der Waals surface area contributed by atoms with E-state index in [1.807, 2.05) is 30.3 Å². The molecule has 0 aromatic heterocycles. The molecule has 0 aliphatic carbocycles. The third kappa shape index (κ3) is 3.78. The number of esters is 1. The second kappa shape index (κ2) is 6.68. The summed E-state index contributed by atoms with van der Waals surface area (Å²) >= 11 is 0. The lowest BCUT2D eigenvalue weighted by Crippen LogP contribution is -2.48. The van der Waals surface area contributed by atoms with Crippen molar-refractivity contribution in [1.82, 2.24) is 5.32 Å². The minimum absolute atomic E-state index is 0.00653. The van der Waals surface area contributed by atoms with Crippen LogP contribution in [0.1, 0.15) is 37.9 Å². The average molecular weight is 262 g/mol. The summed E-state index contributed by atoms with van der Waals surface area (Å²) in [6, 6.07) is 9.80. The average Bonchev–Trinajstić information content (AvgIpc) is 2.62. The summed E-state index contributed by atoms with van der Waals surface area (Å²) in [5.41, 5.74) is 7.23. The van der Waals surface area contributed by atoms with Crippen molar-refractivity contribution in [2.45, 2.75) is 44.4 Å². The van der Waals surface area contributed by atoms with E-state index in [-0.39, 0.29) is 24.2 Å². The van der Waals surface area contributed by atoms with Crippen molar-refractivity contribution < 1.29 is 9.53 Å². The number of rotatable bonds is 3. The van der Waals surface area contributed by atoms with Gasteiger partial charge in [-0.15, -0.1) is 0 Å². The van der Waals surface area contributed by atoms with E-state index in [4.69, 9.17) is 10.5 Å². The lowest BCUT2D eigenvalue weighted by Gasteiger charge is -2.30. The van der Waals surface area contributed by atoms with Crippen LogP contribution in [0.5, 0.6) is 0 Å². The van der Waals surface area contributed by atoms with Gasteiger partial charge in [0.1, 0.15) is 6.10 Å². The Hall–Kier alpha value is -1.39. The van der Waals surface area contributed by atoms with Gasteiger partial charge in [0.15, 0.2) is 0 Å². The molecule has 0 spiro atoms. The Kier molecular flexibility index (Phi) is 4.93. The first-order chi connectivity index (χ1) is 9.18. The fourth-order valence-corrected chi connectivity index (χ4v) is 2.61. The van der Waals surface area contributed by atoms with Gasteiger partial charge in [0.25, 0.3) is 0 Å². The Balaban J connectivity index is 2.23. The van der Waals surface area contributed by atoms with Gasteiger partial charge in [0, 0.05) is 13.0 Å². The van der Waals surface area contributed by atoms with Crippen LogP contribution in [0, 0.1) is 0 Å². The second-order valence-corrected chi connectivity index (χ2v) is 5.08. The quantitative estimate of drug-likeness (QED) is 0.815. The maximum absolute atomic E-state index is 11.4. The number of hydrogen-bond donors (Lipinski definition) is 2. The fraction of sp³-hybridized carbons (Fsp3) is 0.533. The molecule has 1 fully saturated rings. The second-order valence-electron chi connectivity index (χ2n) is 5.08. The summed E-state index contributed by atoms with van der Waals surface area (Å²) in [6.45, 7) is 2.36. The summed E-state index contributed by atoms with van der Waals surface area (Å²) in [6.07, 6.45) is 2.88. The van der Waals surface area contributed by atoms with Gasteiger partial charge in [-0.2, -0.15) is 0 Å². The lowest BCUT2D eigenvalue weighted by molar-refractivity contribution is -0.148. The minimum atomic E-state index is -0.313. The van der Waals surface area contributed by atoms with Crippen molar-refractivity contribution in [2.75, 3.05) is 6.54 Å². The van der Waals surface area contributed by atoms with Crippen LogP contribution in [-0.2, 0) is 9.53 Å². The first kappa shape index (κ1) is 14.0. The van der Waals surface area contributed by atoms with Gasteiger partial charge in [-0.3, -0.25) is 4.79 Å². The molecule has 0 saturated carbocycles. The molecule has 0 amide bonds. The Labute approximate surface area is 114 Å². The minimum Gasteiger partial charge on any atom is -0.456 e. The van der Waals surface area contributed by atoms with Crippen molar-refractivity contribution in [3.05, 3.63) is 35.9 Å². The molecule has 4 heteroatoms. The Morgan fingerprint density at radius 3 is 2.79 bits per heavy atom. The van der Waals surface area contributed by atoms with Crippen molar-refractivity contribution in [3.63, 3.8) is 0 Å². The fourth-order valence-electron chi connectivity index (χ4n) is 2.61. The molecule has 1 aromatic rings. The van der Waals surface area contributed by atoms with E-state index in [1.54, 1.807) is 0 Å². The van der Waals surface area contributed by atoms with Crippen LogP contribution in [0.15, 0.2) is 30.3 Å². The molecule has 1 saturated heterocycles. The largest absolute Gasteiger partial charge is 0.456 e. The number of benzene rings is 1. The van der Waals surface area contributed by atoms with Crippen LogP contribution in [0.25, 0.3) is 0 Å². The molecule has 0 bridgehead atoms. The van der Waals surface area contributed by atoms with Crippen molar-refractivity contribution in [1.29, 1.82) is 0 Å². The third-order valence-electron chi connectivity index (χ3n) is 3.55. The SMILES string of the molecule is CC(=O)OC(c1ccccc1)C1NCCCCC1N. The molecule has 1 aromatic carbocycles. The molecule has 2 rings (SSSR count). The highest BCUT2D eigenvalue weighted by atomic mass is 16.5. The highest BCUT2D eigenvalue weighted by Gasteiger charge is 2.31. The van der Waals surface area contributed by atoms with Crippen molar-refractivity contribution >= 4 is 5.97 Å². The number of nitrogens with two attached hydrogens (primary N) is 1. The van der Waals surface area contributed by atoms with E-state index in [9.17, 15) is 4.79 Å². The van der Waals surface area contributed by atoms with E-state index < -0.39 is 0 Å². The van der Waals surface area contributed by atoms with E-state index in [0.717, 1.165) is 31.4 Å². The predicted molar refractivity (Wildman–Crippen MR) is 74.6 cm³/mol. The monoisotopic (exact) mass is 262 g/mol. The molecule has 1 aliphatic heterocycles.